The number of nitrogens with zero attached hydrogens (tertiary/aromatic N) is 2. The zero-order valence-electron chi connectivity index (χ0n) is 9.57. The predicted molar refractivity (Wildman–Crippen MR) is 66.7 cm³/mol. The zero-order chi connectivity index (χ0) is 11.5. The van der Waals surface area contributed by atoms with Crippen molar-refractivity contribution < 1.29 is 0 Å². The molecule has 4 heteroatoms. The van der Waals surface area contributed by atoms with Gasteiger partial charge in [-0.05, 0) is 18.6 Å². The number of nitrogen functional groups attached to an aromatic ring is 1. The average molecular weight is 216 g/mol. The minimum Gasteiger partial charge on any atom is -0.394 e. The summed E-state index contributed by atoms with van der Waals surface area (Å²) >= 11 is 0. The van der Waals surface area contributed by atoms with E-state index in [0.717, 1.165) is 29.3 Å². The quantitative estimate of drug-likeness (QED) is 0.827. The summed E-state index contributed by atoms with van der Waals surface area (Å²) < 4.78 is 1.78. The number of nitrogens with two attached hydrogens (primary N) is 1. The van der Waals surface area contributed by atoms with Crippen LogP contribution in [0.4, 0.5) is 17.2 Å². The van der Waals surface area contributed by atoms with Crippen LogP contribution < -0.4 is 11.1 Å². The molecule has 0 spiro atoms. The van der Waals surface area contributed by atoms with E-state index in [1.54, 1.807) is 4.68 Å². The third-order valence-corrected chi connectivity index (χ3v) is 2.53. The van der Waals surface area contributed by atoms with E-state index in [0.29, 0.717) is 0 Å². The standard InChI is InChI=1S/C12H16N4/c1-3-10-11(13)12(16(2)15-10)14-9-7-5-4-6-8-9/h4-8,14H,3,13H2,1-2H3. The van der Waals surface area contributed by atoms with E-state index in [4.69, 9.17) is 5.73 Å². The fraction of sp³-hybridized carbons (Fsp3) is 0.250. The average Bonchev–Trinajstić information content (AvgIpc) is 2.58. The molecule has 4 nitrogen and oxygen atoms in total. The lowest BCUT2D eigenvalue weighted by Crippen LogP contribution is -2.00. The lowest BCUT2D eigenvalue weighted by molar-refractivity contribution is 0.753. The van der Waals surface area contributed by atoms with E-state index >= 15 is 0 Å². The Morgan fingerprint density at radius 1 is 1.31 bits per heavy atom. The number of nitrogens with one attached hydrogen (secondary N) is 1. The molecule has 0 atom stereocenters. The molecule has 0 saturated carbocycles. The number of hydrogen-bond acceptors (Lipinski definition) is 3. The smallest absolute Gasteiger partial charge is 0.152 e. The number of aromatic nitrogens is 2. The Morgan fingerprint density at radius 2 is 2.00 bits per heavy atom. The summed E-state index contributed by atoms with van der Waals surface area (Å²) in [5, 5.41) is 7.62. The van der Waals surface area contributed by atoms with Gasteiger partial charge in [0.2, 0.25) is 0 Å². The topological polar surface area (TPSA) is 55.9 Å². The monoisotopic (exact) mass is 216 g/mol. The summed E-state index contributed by atoms with van der Waals surface area (Å²) in [7, 11) is 1.89. The highest BCUT2D eigenvalue weighted by atomic mass is 15.3. The molecule has 1 aromatic carbocycles. The molecule has 2 aromatic rings. The lowest BCUT2D eigenvalue weighted by atomic mass is 10.3. The minimum atomic E-state index is 0.730. The molecule has 84 valence electrons. The van der Waals surface area contributed by atoms with Gasteiger partial charge in [-0.3, -0.25) is 4.68 Å². The second-order valence-electron chi connectivity index (χ2n) is 3.68. The second-order valence-corrected chi connectivity index (χ2v) is 3.68. The van der Waals surface area contributed by atoms with Crippen molar-refractivity contribution in [1.82, 2.24) is 9.78 Å². The van der Waals surface area contributed by atoms with Gasteiger partial charge < -0.3 is 11.1 Å². The van der Waals surface area contributed by atoms with E-state index in [2.05, 4.69) is 10.4 Å². The van der Waals surface area contributed by atoms with Gasteiger partial charge in [0.1, 0.15) is 0 Å². The van der Waals surface area contributed by atoms with E-state index in [-0.39, 0.29) is 0 Å². The molecule has 0 aliphatic carbocycles. The summed E-state index contributed by atoms with van der Waals surface area (Å²) in [5.74, 6) is 0.850. The fourth-order valence-corrected chi connectivity index (χ4v) is 1.66. The Morgan fingerprint density at radius 3 is 2.56 bits per heavy atom. The molecule has 0 radical (unpaired) electrons. The highest BCUT2D eigenvalue weighted by Gasteiger charge is 2.11. The van der Waals surface area contributed by atoms with Crippen molar-refractivity contribution in [2.75, 3.05) is 11.1 Å². The molecule has 0 aliphatic rings. The Kier molecular flexibility index (Phi) is 2.81. The summed E-state index contributed by atoms with van der Waals surface area (Å²) in [6.07, 6.45) is 0.843. The van der Waals surface area contributed by atoms with Crippen LogP contribution in [0.25, 0.3) is 0 Å². The Balaban J connectivity index is 2.31. The van der Waals surface area contributed by atoms with Crippen LogP contribution in [-0.2, 0) is 13.5 Å². The summed E-state index contributed by atoms with van der Waals surface area (Å²) in [5.41, 5.74) is 8.69. The fourth-order valence-electron chi connectivity index (χ4n) is 1.66. The van der Waals surface area contributed by atoms with Crippen LogP contribution in [0.1, 0.15) is 12.6 Å². The van der Waals surface area contributed by atoms with Gasteiger partial charge >= 0.3 is 0 Å². The number of aryl methyl sites for hydroxylation is 2. The van der Waals surface area contributed by atoms with Crippen molar-refractivity contribution in [2.45, 2.75) is 13.3 Å². The van der Waals surface area contributed by atoms with Gasteiger partial charge in [0.05, 0.1) is 11.4 Å². The second kappa shape index (κ2) is 4.26. The van der Waals surface area contributed by atoms with Crippen molar-refractivity contribution in [3.63, 3.8) is 0 Å². The molecule has 2 rings (SSSR count). The van der Waals surface area contributed by atoms with Gasteiger partial charge in [0.25, 0.3) is 0 Å². The van der Waals surface area contributed by atoms with Crippen molar-refractivity contribution in [3.05, 3.63) is 36.0 Å². The first-order valence-corrected chi connectivity index (χ1v) is 5.35. The van der Waals surface area contributed by atoms with Crippen LogP contribution in [0.5, 0.6) is 0 Å². The molecule has 1 heterocycles. The van der Waals surface area contributed by atoms with Gasteiger partial charge in [-0.25, -0.2) is 0 Å². The van der Waals surface area contributed by atoms with E-state index in [1.165, 1.54) is 0 Å². The maximum Gasteiger partial charge on any atom is 0.152 e. The minimum absolute atomic E-state index is 0.730. The van der Waals surface area contributed by atoms with Gasteiger partial charge in [-0.15, -0.1) is 0 Å². The van der Waals surface area contributed by atoms with Crippen LogP contribution in [0, 0.1) is 0 Å². The van der Waals surface area contributed by atoms with E-state index in [1.807, 2.05) is 44.3 Å². The summed E-state index contributed by atoms with van der Waals surface area (Å²) in [6, 6.07) is 9.94. The van der Waals surface area contributed by atoms with Gasteiger partial charge in [-0.2, -0.15) is 5.10 Å². The van der Waals surface area contributed by atoms with Crippen LogP contribution in [0.3, 0.4) is 0 Å². The first-order chi connectivity index (χ1) is 7.72. The van der Waals surface area contributed by atoms with Crippen LogP contribution in [0.2, 0.25) is 0 Å². The third kappa shape index (κ3) is 1.86. The number of anilines is 3. The lowest BCUT2D eigenvalue weighted by Gasteiger charge is -2.07. The van der Waals surface area contributed by atoms with E-state index < -0.39 is 0 Å². The number of para-hydroxylation sites is 1. The maximum atomic E-state index is 6.02. The molecule has 0 saturated heterocycles. The highest BCUT2D eigenvalue weighted by Crippen LogP contribution is 2.25. The normalized spacial score (nSPS) is 10.4. The summed E-state index contributed by atoms with van der Waals surface area (Å²) in [4.78, 5) is 0. The van der Waals surface area contributed by atoms with E-state index in [9.17, 15) is 0 Å². The largest absolute Gasteiger partial charge is 0.394 e. The number of hydrogen-bond donors (Lipinski definition) is 2. The van der Waals surface area contributed by atoms with Crippen molar-refractivity contribution in [2.24, 2.45) is 7.05 Å². The molecular weight excluding hydrogens is 200 g/mol. The van der Waals surface area contributed by atoms with Crippen LogP contribution >= 0.6 is 0 Å². The van der Waals surface area contributed by atoms with Crippen molar-refractivity contribution >= 4 is 17.2 Å². The Hall–Kier alpha value is -1.97. The highest BCUT2D eigenvalue weighted by molar-refractivity contribution is 5.71. The van der Waals surface area contributed by atoms with Crippen LogP contribution in [-0.4, -0.2) is 9.78 Å². The molecule has 0 bridgehead atoms. The van der Waals surface area contributed by atoms with Crippen LogP contribution in [0.15, 0.2) is 30.3 Å². The molecule has 3 N–H and O–H groups in total. The molecular formula is C12H16N4. The maximum absolute atomic E-state index is 6.02. The molecule has 0 aliphatic heterocycles. The summed E-state index contributed by atoms with van der Waals surface area (Å²) in [6.45, 7) is 2.05. The molecule has 0 amide bonds. The van der Waals surface area contributed by atoms with Gasteiger partial charge in [0, 0.05) is 12.7 Å². The number of rotatable bonds is 3. The first-order valence-electron chi connectivity index (χ1n) is 5.35. The van der Waals surface area contributed by atoms with Crippen molar-refractivity contribution in [1.29, 1.82) is 0 Å². The molecule has 1 aromatic heterocycles. The third-order valence-electron chi connectivity index (χ3n) is 2.53. The number of benzene rings is 1. The molecule has 0 fully saturated rings. The zero-order valence-corrected chi connectivity index (χ0v) is 9.57. The Labute approximate surface area is 95.1 Å². The SMILES string of the molecule is CCc1nn(C)c(Nc2ccccc2)c1N. The van der Waals surface area contributed by atoms with Gasteiger partial charge in [0.15, 0.2) is 5.82 Å². The first kappa shape index (κ1) is 10.5. The van der Waals surface area contributed by atoms with Gasteiger partial charge in [-0.1, -0.05) is 25.1 Å². The molecule has 0 unspecified atom stereocenters. The van der Waals surface area contributed by atoms with Crippen molar-refractivity contribution in [3.8, 4) is 0 Å². The predicted octanol–water partition coefficient (Wildman–Crippen LogP) is 2.31. The molecule has 16 heavy (non-hydrogen) atoms. The Bertz CT molecular complexity index is 473.